The molecule has 0 N–H and O–H groups in total. The molecule has 0 unspecified atom stereocenters. The third kappa shape index (κ3) is 3.67. The maximum absolute atomic E-state index is 12.3. The van der Waals surface area contributed by atoms with Gasteiger partial charge >= 0.3 is 0 Å². The maximum atomic E-state index is 12.3. The van der Waals surface area contributed by atoms with Crippen molar-refractivity contribution in [3.63, 3.8) is 0 Å². The first-order chi connectivity index (χ1) is 10.3. The van der Waals surface area contributed by atoms with Gasteiger partial charge in [0, 0.05) is 24.7 Å². The summed E-state index contributed by atoms with van der Waals surface area (Å²) in [5.41, 5.74) is 1.73. The number of rotatable bonds is 3. The molecule has 0 atom stereocenters. The SMILES string of the molecule is O=C(Cc1csc(-c2ccccn2)n1)N1CCCCCC1. The number of carbonyl (C=O) groups excluding carboxylic acids is 1. The largest absolute Gasteiger partial charge is 0.342 e. The van der Waals surface area contributed by atoms with Crippen molar-refractivity contribution in [1.82, 2.24) is 14.9 Å². The summed E-state index contributed by atoms with van der Waals surface area (Å²) in [4.78, 5) is 23.2. The van der Waals surface area contributed by atoms with E-state index in [9.17, 15) is 4.79 Å². The third-order valence-electron chi connectivity index (χ3n) is 3.73. The van der Waals surface area contributed by atoms with E-state index in [0.29, 0.717) is 6.42 Å². The highest BCUT2D eigenvalue weighted by molar-refractivity contribution is 7.13. The van der Waals surface area contributed by atoms with E-state index in [-0.39, 0.29) is 5.91 Å². The molecule has 1 aliphatic rings. The summed E-state index contributed by atoms with van der Waals surface area (Å²) >= 11 is 1.55. The number of thiazole rings is 1. The van der Waals surface area contributed by atoms with Crippen molar-refractivity contribution < 1.29 is 4.79 Å². The van der Waals surface area contributed by atoms with E-state index in [1.54, 1.807) is 17.5 Å². The molecule has 2 aromatic heterocycles. The number of hydrogen-bond acceptors (Lipinski definition) is 4. The van der Waals surface area contributed by atoms with Crippen LogP contribution in [0.25, 0.3) is 10.7 Å². The van der Waals surface area contributed by atoms with Crippen LogP contribution in [0.4, 0.5) is 0 Å². The van der Waals surface area contributed by atoms with Gasteiger partial charge in [-0.3, -0.25) is 9.78 Å². The van der Waals surface area contributed by atoms with Gasteiger partial charge in [0.1, 0.15) is 5.01 Å². The zero-order chi connectivity index (χ0) is 14.5. The fourth-order valence-electron chi connectivity index (χ4n) is 2.58. The van der Waals surface area contributed by atoms with Gasteiger partial charge in [-0.25, -0.2) is 4.98 Å². The van der Waals surface area contributed by atoms with E-state index in [1.807, 2.05) is 28.5 Å². The standard InChI is InChI=1S/C16H19N3OS/c20-15(19-9-5-1-2-6-10-19)11-13-12-21-16(18-13)14-7-3-4-8-17-14/h3-4,7-8,12H,1-2,5-6,9-11H2. The van der Waals surface area contributed by atoms with E-state index in [4.69, 9.17) is 0 Å². The Morgan fingerprint density at radius 3 is 2.71 bits per heavy atom. The van der Waals surface area contributed by atoms with Crippen molar-refractivity contribution in [3.8, 4) is 10.7 Å². The van der Waals surface area contributed by atoms with Gasteiger partial charge in [-0.1, -0.05) is 18.9 Å². The highest BCUT2D eigenvalue weighted by Crippen LogP contribution is 2.22. The van der Waals surface area contributed by atoms with Crippen LogP contribution in [0.1, 0.15) is 31.4 Å². The molecule has 0 saturated carbocycles. The molecule has 0 bridgehead atoms. The molecule has 3 heterocycles. The lowest BCUT2D eigenvalue weighted by Gasteiger charge is -2.19. The second-order valence-electron chi connectivity index (χ2n) is 5.33. The van der Waals surface area contributed by atoms with Gasteiger partial charge in [-0.2, -0.15) is 0 Å². The molecule has 21 heavy (non-hydrogen) atoms. The Bertz CT molecular complexity index is 589. The number of pyridine rings is 1. The number of nitrogens with zero attached hydrogens (tertiary/aromatic N) is 3. The molecule has 110 valence electrons. The van der Waals surface area contributed by atoms with Crippen molar-refractivity contribution >= 4 is 17.2 Å². The molecule has 1 amide bonds. The van der Waals surface area contributed by atoms with Crippen molar-refractivity contribution in [1.29, 1.82) is 0 Å². The highest BCUT2D eigenvalue weighted by atomic mass is 32.1. The van der Waals surface area contributed by atoms with Crippen LogP contribution in [0.15, 0.2) is 29.8 Å². The fourth-order valence-corrected chi connectivity index (χ4v) is 3.38. The van der Waals surface area contributed by atoms with Crippen LogP contribution in [-0.4, -0.2) is 33.9 Å². The molecule has 5 heteroatoms. The predicted octanol–water partition coefficient (Wildman–Crippen LogP) is 3.15. The minimum absolute atomic E-state index is 0.203. The zero-order valence-corrected chi connectivity index (χ0v) is 12.8. The summed E-state index contributed by atoms with van der Waals surface area (Å²) in [5.74, 6) is 0.203. The summed E-state index contributed by atoms with van der Waals surface area (Å²) in [5, 5.41) is 2.86. The predicted molar refractivity (Wildman–Crippen MR) is 84.1 cm³/mol. The van der Waals surface area contributed by atoms with Crippen molar-refractivity contribution in [2.45, 2.75) is 32.1 Å². The average molecular weight is 301 g/mol. The molecule has 0 aromatic carbocycles. The number of amides is 1. The third-order valence-corrected chi connectivity index (χ3v) is 4.64. The normalized spacial score (nSPS) is 15.7. The smallest absolute Gasteiger partial charge is 0.228 e. The van der Waals surface area contributed by atoms with Crippen LogP contribution >= 0.6 is 11.3 Å². The lowest BCUT2D eigenvalue weighted by Crippen LogP contribution is -2.33. The number of aromatic nitrogens is 2. The quantitative estimate of drug-likeness (QED) is 0.875. The molecule has 0 radical (unpaired) electrons. The molecule has 1 aliphatic heterocycles. The first-order valence-electron chi connectivity index (χ1n) is 7.46. The number of likely N-dealkylation sites (tertiary alicyclic amines) is 1. The Labute approximate surface area is 128 Å². The Hall–Kier alpha value is -1.75. The molecule has 2 aromatic rings. The molecule has 0 aliphatic carbocycles. The van der Waals surface area contributed by atoms with E-state index < -0.39 is 0 Å². The van der Waals surface area contributed by atoms with Crippen molar-refractivity contribution in [2.75, 3.05) is 13.1 Å². The fraction of sp³-hybridized carbons (Fsp3) is 0.438. The molecule has 0 spiro atoms. The Balaban J connectivity index is 1.65. The Kier molecular flexibility index (Phi) is 4.60. The summed E-state index contributed by atoms with van der Waals surface area (Å²) in [6.45, 7) is 1.80. The van der Waals surface area contributed by atoms with Gasteiger partial charge in [-0.05, 0) is 25.0 Å². The lowest BCUT2D eigenvalue weighted by molar-refractivity contribution is -0.130. The van der Waals surface area contributed by atoms with E-state index in [2.05, 4.69) is 9.97 Å². The monoisotopic (exact) mass is 301 g/mol. The van der Waals surface area contributed by atoms with Crippen molar-refractivity contribution in [2.24, 2.45) is 0 Å². The lowest BCUT2D eigenvalue weighted by atomic mass is 10.2. The molecular weight excluding hydrogens is 282 g/mol. The van der Waals surface area contributed by atoms with Gasteiger partial charge in [0.15, 0.2) is 0 Å². The topological polar surface area (TPSA) is 46.1 Å². The summed E-state index contributed by atoms with van der Waals surface area (Å²) in [7, 11) is 0. The molecule has 1 saturated heterocycles. The van der Waals surface area contributed by atoms with Crippen LogP contribution < -0.4 is 0 Å². The highest BCUT2D eigenvalue weighted by Gasteiger charge is 2.17. The number of hydrogen-bond donors (Lipinski definition) is 0. The van der Waals surface area contributed by atoms with Gasteiger partial charge in [0.05, 0.1) is 17.8 Å². The maximum Gasteiger partial charge on any atom is 0.228 e. The van der Waals surface area contributed by atoms with Crippen LogP contribution in [0, 0.1) is 0 Å². The van der Waals surface area contributed by atoms with Crippen LogP contribution in [-0.2, 0) is 11.2 Å². The van der Waals surface area contributed by atoms with Crippen LogP contribution in [0.3, 0.4) is 0 Å². The zero-order valence-electron chi connectivity index (χ0n) is 12.0. The molecule has 3 rings (SSSR count). The van der Waals surface area contributed by atoms with Gasteiger partial charge in [0.25, 0.3) is 0 Å². The first kappa shape index (κ1) is 14.2. The first-order valence-corrected chi connectivity index (χ1v) is 8.34. The van der Waals surface area contributed by atoms with Gasteiger partial charge in [-0.15, -0.1) is 11.3 Å². The second-order valence-corrected chi connectivity index (χ2v) is 6.19. The number of carbonyl (C=O) groups is 1. The van der Waals surface area contributed by atoms with Gasteiger partial charge in [0.2, 0.25) is 5.91 Å². The molecule has 1 fully saturated rings. The minimum Gasteiger partial charge on any atom is -0.342 e. The second kappa shape index (κ2) is 6.80. The Morgan fingerprint density at radius 1 is 1.19 bits per heavy atom. The van der Waals surface area contributed by atoms with Crippen LogP contribution in [0.2, 0.25) is 0 Å². The average Bonchev–Trinajstić information content (AvgIpc) is 2.81. The minimum atomic E-state index is 0.203. The Morgan fingerprint density at radius 2 is 2.00 bits per heavy atom. The summed E-state index contributed by atoms with van der Waals surface area (Å²) in [6, 6.07) is 5.78. The van der Waals surface area contributed by atoms with E-state index >= 15 is 0 Å². The van der Waals surface area contributed by atoms with E-state index in [1.165, 1.54) is 12.8 Å². The van der Waals surface area contributed by atoms with Crippen molar-refractivity contribution in [3.05, 3.63) is 35.5 Å². The van der Waals surface area contributed by atoms with E-state index in [0.717, 1.165) is 42.3 Å². The summed E-state index contributed by atoms with van der Waals surface area (Å²) in [6.07, 6.45) is 6.90. The summed E-state index contributed by atoms with van der Waals surface area (Å²) < 4.78 is 0. The van der Waals surface area contributed by atoms with Gasteiger partial charge < -0.3 is 4.90 Å². The molecule has 4 nitrogen and oxygen atoms in total. The molecular formula is C16H19N3OS. The van der Waals surface area contributed by atoms with Crippen LogP contribution in [0.5, 0.6) is 0 Å².